The van der Waals surface area contributed by atoms with Crippen LogP contribution >= 0.6 is 15.9 Å². The quantitative estimate of drug-likeness (QED) is 0.877. The molecule has 0 unspecified atom stereocenters. The second-order valence-electron chi connectivity index (χ2n) is 4.31. The number of nitrogens with one attached hydrogen (secondary N) is 1. The normalized spacial score (nSPS) is 11.0. The number of hydrogen-bond acceptors (Lipinski definition) is 3. The molecular weight excluding hydrogens is 286 g/mol. The molecule has 0 saturated carbocycles. The fourth-order valence-corrected chi connectivity index (χ4v) is 1.83. The van der Waals surface area contributed by atoms with Gasteiger partial charge in [-0.15, -0.1) is 0 Å². The summed E-state index contributed by atoms with van der Waals surface area (Å²) in [4.78, 5) is 26.7. The molecule has 1 aromatic heterocycles. The maximum Gasteiger partial charge on any atom is 0.271 e. The Balaban J connectivity index is 2.79. The summed E-state index contributed by atoms with van der Waals surface area (Å²) in [6.07, 6.45) is 1.60. The Labute approximate surface area is 108 Å². The van der Waals surface area contributed by atoms with Crippen LogP contribution in [0.5, 0.6) is 0 Å². The molecule has 1 heterocycles. The Morgan fingerprint density at radius 1 is 1.53 bits per heavy atom. The van der Waals surface area contributed by atoms with E-state index in [0.29, 0.717) is 4.47 Å². The lowest BCUT2D eigenvalue weighted by Crippen LogP contribution is -2.46. The first-order valence-electron chi connectivity index (χ1n) is 5.03. The van der Waals surface area contributed by atoms with Crippen molar-refractivity contribution in [2.75, 3.05) is 0 Å². The van der Waals surface area contributed by atoms with Crippen molar-refractivity contribution in [1.82, 2.24) is 10.3 Å². The molecular formula is C11H14BrN3O2. The maximum absolute atomic E-state index is 11.9. The van der Waals surface area contributed by atoms with E-state index < -0.39 is 11.4 Å². The van der Waals surface area contributed by atoms with Crippen LogP contribution in [0, 0.1) is 0 Å². The molecule has 1 aromatic rings. The van der Waals surface area contributed by atoms with Crippen molar-refractivity contribution >= 4 is 27.7 Å². The van der Waals surface area contributed by atoms with Gasteiger partial charge in [-0.2, -0.15) is 0 Å². The van der Waals surface area contributed by atoms with E-state index in [2.05, 4.69) is 26.2 Å². The van der Waals surface area contributed by atoms with Crippen molar-refractivity contribution in [3.05, 3.63) is 28.5 Å². The number of nitrogens with two attached hydrogens (primary N) is 1. The largest absolute Gasteiger partial charge is 0.370 e. The van der Waals surface area contributed by atoms with Gasteiger partial charge in [-0.05, 0) is 41.9 Å². The zero-order chi connectivity index (χ0) is 13.1. The molecule has 3 N–H and O–H groups in total. The molecule has 0 aliphatic carbocycles. The predicted octanol–water partition coefficient (Wildman–Crippen LogP) is 1.23. The summed E-state index contributed by atoms with van der Waals surface area (Å²) in [5.74, 6) is -0.806. The lowest BCUT2D eigenvalue weighted by Gasteiger charge is -2.24. The Morgan fingerprint density at radius 3 is 2.71 bits per heavy atom. The van der Waals surface area contributed by atoms with Crippen molar-refractivity contribution in [3.8, 4) is 0 Å². The molecule has 5 nitrogen and oxygen atoms in total. The van der Waals surface area contributed by atoms with Crippen molar-refractivity contribution in [2.45, 2.75) is 25.8 Å². The van der Waals surface area contributed by atoms with Crippen LogP contribution in [-0.2, 0) is 4.79 Å². The Hall–Kier alpha value is -1.43. The molecule has 0 atom stereocenters. The highest BCUT2D eigenvalue weighted by molar-refractivity contribution is 9.10. The third-order valence-electron chi connectivity index (χ3n) is 2.04. The molecule has 0 aromatic carbocycles. The van der Waals surface area contributed by atoms with Crippen LogP contribution in [0.3, 0.4) is 0 Å². The molecule has 17 heavy (non-hydrogen) atoms. The molecule has 6 heteroatoms. The van der Waals surface area contributed by atoms with Gasteiger partial charge in [0.05, 0.1) is 0 Å². The minimum absolute atomic E-state index is 0.0726. The zero-order valence-corrected chi connectivity index (χ0v) is 11.2. The van der Waals surface area contributed by atoms with Crippen molar-refractivity contribution in [1.29, 1.82) is 0 Å². The number of halogens is 1. The van der Waals surface area contributed by atoms with E-state index in [4.69, 9.17) is 5.73 Å². The minimum Gasteiger partial charge on any atom is -0.370 e. The highest BCUT2D eigenvalue weighted by Gasteiger charge is 2.24. The average molecular weight is 300 g/mol. The second-order valence-corrected chi connectivity index (χ2v) is 5.17. The maximum atomic E-state index is 11.9. The Bertz CT molecular complexity index is 446. The van der Waals surface area contributed by atoms with Gasteiger partial charge >= 0.3 is 0 Å². The molecule has 0 bridgehead atoms. The molecule has 1 rings (SSSR count). The van der Waals surface area contributed by atoms with Gasteiger partial charge in [-0.25, -0.2) is 4.98 Å². The van der Waals surface area contributed by atoms with Gasteiger partial charge in [0.2, 0.25) is 5.91 Å². The summed E-state index contributed by atoms with van der Waals surface area (Å²) in [6, 6.07) is 3.44. The van der Waals surface area contributed by atoms with E-state index in [1.165, 1.54) is 6.20 Å². The fourth-order valence-electron chi connectivity index (χ4n) is 1.40. The minimum atomic E-state index is -0.695. The van der Waals surface area contributed by atoms with Crippen LogP contribution in [0.15, 0.2) is 22.8 Å². The van der Waals surface area contributed by atoms with Crippen molar-refractivity contribution < 1.29 is 9.59 Å². The third kappa shape index (κ3) is 4.14. The molecule has 0 radical (unpaired) electrons. The highest BCUT2D eigenvalue weighted by Crippen LogP contribution is 2.15. The summed E-state index contributed by atoms with van der Waals surface area (Å²) in [6.45, 7) is 3.46. The van der Waals surface area contributed by atoms with Gasteiger partial charge in [0, 0.05) is 22.6 Å². The topological polar surface area (TPSA) is 85.1 Å². The average Bonchev–Trinajstić information content (AvgIpc) is 2.14. The van der Waals surface area contributed by atoms with Crippen molar-refractivity contribution in [2.24, 2.45) is 5.73 Å². The Kier molecular flexibility index (Phi) is 4.22. The van der Waals surface area contributed by atoms with Crippen LogP contribution in [0.4, 0.5) is 0 Å². The number of amides is 2. The molecule has 92 valence electrons. The molecule has 0 aliphatic rings. The first-order chi connectivity index (χ1) is 7.82. The van der Waals surface area contributed by atoms with Gasteiger partial charge in [-0.3, -0.25) is 9.59 Å². The standard InChI is InChI=1S/C11H14BrN3O2/c1-11(2,6-8(13)16)15-10(17)9-7(12)4-3-5-14-9/h3-5H,6H2,1-2H3,(H2,13,16)(H,15,17). The number of aromatic nitrogens is 1. The first-order valence-corrected chi connectivity index (χ1v) is 5.82. The number of primary amides is 1. The lowest BCUT2D eigenvalue weighted by molar-refractivity contribution is -0.119. The zero-order valence-electron chi connectivity index (χ0n) is 9.66. The lowest BCUT2D eigenvalue weighted by atomic mass is 10.00. The SMILES string of the molecule is CC(C)(CC(N)=O)NC(=O)c1ncccc1Br. The van der Waals surface area contributed by atoms with E-state index in [-0.39, 0.29) is 18.0 Å². The first kappa shape index (κ1) is 13.6. The fraction of sp³-hybridized carbons (Fsp3) is 0.364. The van der Waals surface area contributed by atoms with E-state index in [1.807, 2.05) is 0 Å². The summed E-state index contributed by atoms with van der Waals surface area (Å²) in [7, 11) is 0. The second kappa shape index (κ2) is 5.27. The van der Waals surface area contributed by atoms with Crippen LogP contribution in [0.1, 0.15) is 30.8 Å². The summed E-state index contributed by atoms with van der Waals surface area (Å²) >= 11 is 3.24. The summed E-state index contributed by atoms with van der Waals surface area (Å²) < 4.78 is 0.604. The van der Waals surface area contributed by atoms with E-state index in [9.17, 15) is 9.59 Å². The summed E-state index contributed by atoms with van der Waals surface area (Å²) in [5.41, 5.74) is 4.70. The number of rotatable bonds is 4. The van der Waals surface area contributed by atoms with Gasteiger partial charge in [-0.1, -0.05) is 0 Å². The number of hydrogen-bond donors (Lipinski definition) is 2. The summed E-state index contributed by atoms with van der Waals surface area (Å²) in [5, 5.41) is 2.71. The van der Waals surface area contributed by atoms with Gasteiger partial charge in [0.1, 0.15) is 5.69 Å². The van der Waals surface area contributed by atoms with Crippen LogP contribution in [0.25, 0.3) is 0 Å². The monoisotopic (exact) mass is 299 g/mol. The van der Waals surface area contributed by atoms with Crippen LogP contribution in [-0.4, -0.2) is 22.3 Å². The Morgan fingerprint density at radius 2 is 2.18 bits per heavy atom. The number of pyridine rings is 1. The molecule has 2 amide bonds. The number of nitrogens with zero attached hydrogens (tertiary/aromatic N) is 1. The molecule has 0 fully saturated rings. The predicted molar refractivity (Wildman–Crippen MR) is 67.3 cm³/mol. The molecule has 0 saturated heterocycles. The van der Waals surface area contributed by atoms with Gasteiger partial charge in [0.15, 0.2) is 0 Å². The van der Waals surface area contributed by atoms with Crippen LogP contribution < -0.4 is 11.1 Å². The number of carbonyl (C=O) groups excluding carboxylic acids is 2. The van der Waals surface area contributed by atoms with Gasteiger partial charge < -0.3 is 11.1 Å². The molecule has 0 spiro atoms. The van der Waals surface area contributed by atoms with E-state index in [1.54, 1.807) is 26.0 Å². The van der Waals surface area contributed by atoms with Gasteiger partial charge in [0.25, 0.3) is 5.91 Å². The van der Waals surface area contributed by atoms with Crippen molar-refractivity contribution in [3.63, 3.8) is 0 Å². The third-order valence-corrected chi connectivity index (χ3v) is 2.68. The van der Waals surface area contributed by atoms with Crippen LogP contribution in [0.2, 0.25) is 0 Å². The number of carbonyl (C=O) groups is 2. The van der Waals surface area contributed by atoms with E-state index in [0.717, 1.165) is 0 Å². The van der Waals surface area contributed by atoms with E-state index >= 15 is 0 Å². The highest BCUT2D eigenvalue weighted by atomic mass is 79.9. The smallest absolute Gasteiger partial charge is 0.271 e. The molecule has 0 aliphatic heterocycles.